The zero-order chi connectivity index (χ0) is 14.8. The van der Waals surface area contributed by atoms with E-state index in [0.717, 1.165) is 23.4 Å². The minimum atomic E-state index is 0.0301. The number of rotatable bonds is 3. The molecule has 3 rings (SSSR count). The molecule has 1 amide bonds. The number of fused-ring (bicyclic) bond motifs is 1. The van der Waals surface area contributed by atoms with Crippen LogP contribution in [0.5, 0.6) is 5.75 Å². The van der Waals surface area contributed by atoms with Gasteiger partial charge in [-0.25, -0.2) is 0 Å². The summed E-state index contributed by atoms with van der Waals surface area (Å²) in [7, 11) is 0. The highest BCUT2D eigenvalue weighted by molar-refractivity contribution is 7.14. The molecule has 0 aliphatic heterocycles. The number of aryl methyl sites for hydroxylation is 2. The minimum Gasteiger partial charge on any atom is -0.508 e. The first kappa shape index (κ1) is 14.1. The molecule has 110 valence electrons. The van der Waals surface area contributed by atoms with Gasteiger partial charge in [0, 0.05) is 23.2 Å². The molecule has 0 atom stereocenters. The molecule has 1 aliphatic carbocycles. The van der Waals surface area contributed by atoms with Crippen LogP contribution < -0.4 is 4.90 Å². The first-order valence-electron chi connectivity index (χ1n) is 7.41. The van der Waals surface area contributed by atoms with Crippen LogP contribution in [0.3, 0.4) is 0 Å². The molecule has 1 aliphatic rings. The molecule has 1 heterocycles. The summed E-state index contributed by atoms with van der Waals surface area (Å²) in [5.41, 5.74) is 2.09. The molecular weight excluding hydrogens is 282 g/mol. The third kappa shape index (κ3) is 2.81. The Morgan fingerprint density at radius 1 is 1.29 bits per heavy atom. The minimum absolute atomic E-state index is 0.0301. The van der Waals surface area contributed by atoms with Crippen LogP contribution in [-0.2, 0) is 12.8 Å². The van der Waals surface area contributed by atoms with Crippen LogP contribution in [0.25, 0.3) is 0 Å². The van der Waals surface area contributed by atoms with Gasteiger partial charge < -0.3 is 10.0 Å². The van der Waals surface area contributed by atoms with Gasteiger partial charge >= 0.3 is 0 Å². The number of benzene rings is 1. The van der Waals surface area contributed by atoms with Crippen molar-refractivity contribution in [3.8, 4) is 5.75 Å². The van der Waals surface area contributed by atoms with Gasteiger partial charge in [-0.2, -0.15) is 0 Å². The molecule has 21 heavy (non-hydrogen) atoms. The van der Waals surface area contributed by atoms with Crippen molar-refractivity contribution in [3.63, 3.8) is 0 Å². The second kappa shape index (κ2) is 5.90. The summed E-state index contributed by atoms with van der Waals surface area (Å²) in [4.78, 5) is 16.7. The third-order valence-corrected chi connectivity index (χ3v) is 5.14. The predicted octanol–water partition coefficient (Wildman–Crippen LogP) is 4.00. The summed E-state index contributed by atoms with van der Waals surface area (Å²) in [5.74, 6) is 0.215. The number of hydrogen-bond donors (Lipinski definition) is 1. The van der Waals surface area contributed by atoms with E-state index in [1.54, 1.807) is 34.4 Å². The van der Waals surface area contributed by atoms with E-state index >= 15 is 0 Å². The SMILES string of the molecule is CCN(C(=O)c1cc2c(s1)CCCC2)c1cccc(O)c1. The topological polar surface area (TPSA) is 40.5 Å². The smallest absolute Gasteiger partial charge is 0.268 e. The van der Waals surface area contributed by atoms with Crippen LogP contribution >= 0.6 is 11.3 Å². The number of carbonyl (C=O) groups is 1. The molecule has 1 aromatic heterocycles. The number of anilines is 1. The lowest BCUT2D eigenvalue weighted by atomic mass is 9.99. The van der Waals surface area contributed by atoms with Crippen LogP contribution in [0.4, 0.5) is 5.69 Å². The largest absolute Gasteiger partial charge is 0.508 e. The molecule has 3 nitrogen and oxygen atoms in total. The lowest BCUT2D eigenvalue weighted by molar-refractivity contribution is 0.0992. The lowest BCUT2D eigenvalue weighted by Crippen LogP contribution is -2.29. The molecule has 2 aromatic rings. The molecule has 1 N–H and O–H groups in total. The maximum Gasteiger partial charge on any atom is 0.268 e. The lowest BCUT2D eigenvalue weighted by Gasteiger charge is -2.20. The van der Waals surface area contributed by atoms with Gasteiger partial charge in [0.15, 0.2) is 0 Å². The van der Waals surface area contributed by atoms with Crippen molar-refractivity contribution in [2.75, 3.05) is 11.4 Å². The summed E-state index contributed by atoms with van der Waals surface area (Å²) in [6, 6.07) is 8.93. The monoisotopic (exact) mass is 301 g/mol. The van der Waals surface area contributed by atoms with Crippen LogP contribution in [0.2, 0.25) is 0 Å². The molecule has 1 aromatic carbocycles. The highest BCUT2D eigenvalue weighted by atomic mass is 32.1. The van der Waals surface area contributed by atoms with Crippen molar-refractivity contribution in [2.45, 2.75) is 32.6 Å². The maximum atomic E-state index is 12.8. The van der Waals surface area contributed by atoms with Crippen molar-refractivity contribution in [1.29, 1.82) is 0 Å². The predicted molar refractivity (Wildman–Crippen MR) is 86.4 cm³/mol. The summed E-state index contributed by atoms with van der Waals surface area (Å²) < 4.78 is 0. The number of nitrogens with zero attached hydrogens (tertiary/aromatic N) is 1. The second-order valence-electron chi connectivity index (χ2n) is 5.34. The van der Waals surface area contributed by atoms with E-state index < -0.39 is 0 Å². The maximum absolute atomic E-state index is 12.8. The van der Waals surface area contributed by atoms with Crippen molar-refractivity contribution in [1.82, 2.24) is 0 Å². The van der Waals surface area contributed by atoms with Crippen molar-refractivity contribution in [3.05, 3.63) is 45.6 Å². The van der Waals surface area contributed by atoms with E-state index in [1.165, 1.54) is 23.3 Å². The Hall–Kier alpha value is -1.81. The Morgan fingerprint density at radius 2 is 2.10 bits per heavy atom. The fraction of sp³-hybridized carbons (Fsp3) is 0.353. The van der Waals surface area contributed by atoms with Gasteiger partial charge in [0.1, 0.15) is 5.75 Å². The summed E-state index contributed by atoms with van der Waals surface area (Å²) in [5, 5.41) is 9.61. The number of amides is 1. The summed E-state index contributed by atoms with van der Waals surface area (Å²) in [6.07, 6.45) is 4.65. The highest BCUT2D eigenvalue weighted by Gasteiger charge is 2.21. The highest BCUT2D eigenvalue weighted by Crippen LogP contribution is 2.31. The average Bonchev–Trinajstić information content (AvgIpc) is 2.92. The number of carbonyl (C=O) groups excluding carboxylic acids is 1. The molecular formula is C17H19NO2S. The quantitative estimate of drug-likeness (QED) is 0.931. The normalized spacial score (nSPS) is 13.8. The van der Waals surface area contributed by atoms with Crippen molar-refractivity contribution < 1.29 is 9.90 Å². The molecule has 0 unspecified atom stereocenters. The fourth-order valence-corrected chi connectivity index (χ4v) is 4.04. The molecule has 4 heteroatoms. The van der Waals surface area contributed by atoms with Crippen LogP contribution in [0.15, 0.2) is 30.3 Å². The van der Waals surface area contributed by atoms with Gasteiger partial charge in [0.2, 0.25) is 0 Å². The number of hydrogen-bond acceptors (Lipinski definition) is 3. The van der Waals surface area contributed by atoms with Crippen LogP contribution in [0.1, 0.15) is 39.9 Å². The molecule has 0 bridgehead atoms. The van der Waals surface area contributed by atoms with Gasteiger partial charge in [0.05, 0.1) is 4.88 Å². The molecule has 0 saturated carbocycles. The summed E-state index contributed by atoms with van der Waals surface area (Å²) in [6.45, 7) is 2.54. The van der Waals surface area contributed by atoms with Crippen LogP contribution in [0, 0.1) is 0 Å². The third-order valence-electron chi connectivity index (χ3n) is 3.91. The molecule has 0 spiro atoms. The van der Waals surface area contributed by atoms with Crippen molar-refractivity contribution in [2.24, 2.45) is 0 Å². The number of thiophene rings is 1. The average molecular weight is 301 g/mol. The number of phenolic OH excluding ortho intramolecular Hbond substituents is 1. The van der Waals surface area contributed by atoms with Gasteiger partial charge in [-0.05, 0) is 56.4 Å². The van der Waals surface area contributed by atoms with Gasteiger partial charge in [0.25, 0.3) is 5.91 Å². The zero-order valence-electron chi connectivity index (χ0n) is 12.1. The van der Waals surface area contributed by atoms with Gasteiger partial charge in [-0.15, -0.1) is 11.3 Å². The number of aromatic hydroxyl groups is 1. The van der Waals surface area contributed by atoms with Gasteiger partial charge in [-0.1, -0.05) is 6.07 Å². The van der Waals surface area contributed by atoms with Crippen LogP contribution in [-0.4, -0.2) is 17.6 Å². The van der Waals surface area contributed by atoms with E-state index in [0.29, 0.717) is 6.54 Å². The second-order valence-corrected chi connectivity index (χ2v) is 6.47. The van der Waals surface area contributed by atoms with E-state index in [9.17, 15) is 9.90 Å². The number of phenols is 1. The fourth-order valence-electron chi connectivity index (χ4n) is 2.83. The Kier molecular flexibility index (Phi) is 3.97. The first-order chi connectivity index (χ1) is 10.2. The Balaban J connectivity index is 1.90. The van der Waals surface area contributed by atoms with Crippen molar-refractivity contribution >= 4 is 22.9 Å². The first-order valence-corrected chi connectivity index (χ1v) is 8.23. The Morgan fingerprint density at radius 3 is 2.81 bits per heavy atom. The van der Waals surface area contributed by atoms with E-state index in [-0.39, 0.29) is 11.7 Å². The Bertz CT molecular complexity index is 639. The van der Waals surface area contributed by atoms with E-state index in [2.05, 4.69) is 6.07 Å². The Labute approximate surface area is 128 Å². The standard InChI is InChI=1S/C17H19NO2S/c1-2-18(13-7-5-8-14(19)11-13)17(20)16-10-12-6-3-4-9-15(12)21-16/h5,7-8,10-11,19H,2-4,6,9H2,1H3. The molecule has 0 saturated heterocycles. The van der Waals surface area contributed by atoms with Gasteiger partial charge in [-0.3, -0.25) is 4.79 Å². The zero-order valence-corrected chi connectivity index (χ0v) is 12.9. The van der Waals surface area contributed by atoms with E-state index in [4.69, 9.17) is 0 Å². The summed E-state index contributed by atoms with van der Waals surface area (Å²) >= 11 is 1.63. The van der Waals surface area contributed by atoms with E-state index in [1.807, 2.05) is 13.0 Å². The molecule has 0 radical (unpaired) electrons. The molecule has 0 fully saturated rings.